The Morgan fingerprint density at radius 2 is 1.18 bits per heavy atom. The van der Waals surface area contributed by atoms with E-state index < -0.39 is 29.0 Å². The fourth-order valence-electron chi connectivity index (χ4n) is 7.35. The molecular formula is C48H61BN4O13. The van der Waals surface area contributed by atoms with E-state index >= 15 is 0 Å². The molecule has 6 aromatic rings. The molecule has 0 aliphatic rings. The Balaban J connectivity index is 1.43. The zero-order chi connectivity index (χ0) is 47.6. The van der Waals surface area contributed by atoms with Crippen molar-refractivity contribution in [3.63, 3.8) is 0 Å². The molecule has 18 heteroatoms. The lowest BCUT2D eigenvalue weighted by molar-refractivity contribution is 0.0513. The fraction of sp³-hybridized carbons (Fsp3) is 0.438. The maximum atomic E-state index is 14.3. The Morgan fingerprint density at radius 3 is 1.76 bits per heavy atom. The second-order valence-electron chi connectivity index (χ2n) is 17.4. The van der Waals surface area contributed by atoms with Crippen LogP contribution in [-0.4, -0.2) is 103 Å². The molecule has 0 fully saturated rings. The predicted octanol–water partition coefficient (Wildman–Crippen LogP) is 7.90. The Labute approximate surface area is 384 Å². The van der Waals surface area contributed by atoms with E-state index in [0.717, 1.165) is 16.3 Å². The third kappa shape index (κ3) is 12.0. The molecule has 0 aliphatic heterocycles. The number of alkyl carbamates (subject to hydrolysis) is 2. The van der Waals surface area contributed by atoms with Gasteiger partial charge in [0.1, 0.15) is 22.3 Å². The molecule has 0 atom stereocenters. The molecule has 17 nitrogen and oxygen atoms in total. The van der Waals surface area contributed by atoms with E-state index in [0.29, 0.717) is 127 Å². The van der Waals surface area contributed by atoms with Gasteiger partial charge in [0.25, 0.3) is 0 Å². The van der Waals surface area contributed by atoms with E-state index in [9.17, 15) is 14.4 Å². The highest BCUT2D eigenvalue weighted by Gasteiger charge is 2.26. The first-order valence-electron chi connectivity index (χ1n) is 21.9. The summed E-state index contributed by atoms with van der Waals surface area (Å²) in [5.74, 6) is 2.80. The number of hydrogen-bond acceptors (Lipinski definition) is 14. The lowest BCUT2D eigenvalue weighted by atomic mass is 9.97. The van der Waals surface area contributed by atoms with Gasteiger partial charge in [-0.05, 0) is 115 Å². The zero-order valence-corrected chi connectivity index (χ0v) is 39.5. The third-order valence-electron chi connectivity index (χ3n) is 10.1. The molecule has 0 aliphatic carbocycles. The van der Waals surface area contributed by atoms with Crippen LogP contribution in [0.4, 0.5) is 9.59 Å². The van der Waals surface area contributed by atoms with Gasteiger partial charge < -0.3 is 67.2 Å². The van der Waals surface area contributed by atoms with E-state index in [1.54, 1.807) is 34.5 Å². The second-order valence-corrected chi connectivity index (χ2v) is 17.4. The number of pyridine rings is 1. The fourth-order valence-corrected chi connectivity index (χ4v) is 7.35. The lowest BCUT2D eigenvalue weighted by Crippen LogP contribution is -2.33. The maximum absolute atomic E-state index is 14.3. The van der Waals surface area contributed by atoms with E-state index in [1.165, 1.54) is 0 Å². The van der Waals surface area contributed by atoms with Crippen molar-refractivity contribution in [3.05, 3.63) is 65.1 Å². The first kappa shape index (κ1) is 48.9. The van der Waals surface area contributed by atoms with Gasteiger partial charge in [0, 0.05) is 54.2 Å². The van der Waals surface area contributed by atoms with Crippen LogP contribution in [0.15, 0.2) is 63.9 Å². The van der Waals surface area contributed by atoms with Crippen molar-refractivity contribution in [1.29, 1.82) is 0 Å². The number of methoxy groups -OCH3 is 3. The van der Waals surface area contributed by atoms with Crippen molar-refractivity contribution < 1.29 is 56.6 Å². The van der Waals surface area contributed by atoms with Crippen molar-refractivity contribution >= 4 is 58.0 Å². The standard InChI is InChI=1S/C48H61BN4O13/c1-47(2,3)65-45(55)50-17-11-21-61-33-15-14-30(25-35(33)57-7)40-41-32-27-37(59-9)39(63-23-13-19-52-49-60-10)28-34(32)64-44(54)43(41)53-20-16-29-24-38(36(58-8)26-31(29)42(40)53)62-22-12-18-51-46(56)66-48(4,5)6/h14-16,20,24-28,49,52H,11-13,17-19,21-23H2,1-10H3,(H,50,55)(H,51,56). The quantitative estimate of drug-likeness (QED) is 0.0359. The molecule has 0 bridgehead atoms. The second kappa shape index (κ2) is 21.6. The molecule has 2 amide bonds. The topological polar surface area (TPSA) is 188 Å². The number of aromatic nitrogens is 1. The molecule has 3 aromatic carbocycles. The molecule has 66 heavy (non-hydrogen) atoms. The summed E-state index contributed by atoms with van der Waals surface area (Å²) in [6, 6.07) is 14.8. The summed E-state index contributed by atoms with van der Waals surface area (Å²) in [5.41, 5.74) is 0.981. The van der Waals surface area contributed by atoms with E-state index in [1.807, 2.05) is 94.6 Å². The molecular weight excluding hydrogens is 851 g/mol. The van der Waals surface area contributed by atoms with Gasteiger partial charge in [-0.3, -0.25) is 0 Å². The minimum absolute atomic E-state index is 0.290. The number of fused-ring (bicyclic) bond motifs is 7. The molecule has 3 heterocycles. The number of ether oxygens (including phenoxy) is 8. The van der Waals surface area contributed by atoms with Gasteiger partial charge in [-0.2, -0.15) is 0 Å². The predicted molar refractivity (Wildman–Crippen MR) is 255 cm³/mol. The summed E-state index contributed by atoms with van der Waals surface area (Å²) < 4.78 is 59.8. The highest BCUT2D eigenvalue weighted by atomic mass is 16.6. The van der Waals surface area contributed by atoms with Crippen molar-refractivity contribution in [2.75, 3.05) is 67.9 Å². The van der Waals surface area contributed by atoms with Gasteiger partial charge in [0.15, 0.2) is 34.5 Å². The smallest absolute Gasteiger partial charge is 0.407 e. The summed E-state index contributed by atoms with van der Waals surface area (Å²) in [5, 5.41) is 11.5. The average Bonchev–Trinajstić information content (AvgIpc) is 3.62. The van der Waals surface area contributed by atoms with E-state index in [4.69, 9.17) is 47.0 Å². The van der Waals surface area contributed by atoms with Crippen LogP contribution in [-0.2, 0) is 14.1 Å². The Kier molecular flexibility index (Phi) is 16.0. The first-order valence-corrected chi connectivity index (χ1v) is 21.9. The van der Waals surface area contributed by atoms with Crippen molar-refractivity contribution in [2.24, 2.45) is 0 Å². The van der Waals surface area contributed by atoms with Gasteiger partial charge in [-0.1, -0.05) is 6.07 Å². The number of hydrogen-bond donors (Lipinski definition) is 3. The van der Waals surface area contributed by atoms with Crippen molar-refractivity contribution in [1.82, 2.24) is 20.3 Å². The number of amides is 2. The minimum Gasteiger partial charge on any atom is -0.493 e. The first-order chi connectivity index (χ1) is 31.5. The van der Waals surface area contributed by atoms with Crippen LogP contribution in [0.3, 0.4) is 0 Å². The van der Waals surface area contributed by atoms with Gasteiger partial charge in [0.05, 0.1) is 46.7 Å². The molecule has 354 valence electrons. The summed E-state index contributed by atoms with van der Waals surface area (Å²) in [7, 11) is 6.74. The monoisotopic (exact) mass is 912 g/mol. The highest BCUT2D eigenvalue weighted by Crippen LogP contribution is 2.46. The summed E-state index contributed by atoms with van der Waals surface area (Å²) in [6.07, 6.45) is 2.57. The molecule has 0 unspecified atom stereocenters. The number of nitrogens with one attached hydrogen (secondary N) is 3. The van der Waals surface area contributed by atoms with Gasteiger partial charge in [-0.25, -0.2) is 14.4 Å². The molecule has 6 rings (SSSR count). The number of nitrogens with zero attached hydrogens (tertiary/aromatic N) is 1. The normalized spacial score (nSPS) is 11.7. The Morgan fingerprint density at radius 1 is 0.636 bits per heavy atom. The van der Waals surface area contributed by atoms with Crippen LogP contribution in [0, 0.1) is 0 Å². The number of rotatable bonds is 21. The van der Waals surface area contributed by atoms with E-state index in [2.05, 4.69) is 15.9 Å². The van der Waals surface area contributed by atoms with Crippen molar-refractivity contribution in [3.8, 4) is 45.6 Å². The third-order valence-corrected chi connectivity index (χ3v) is 10.1. The van der Waals surface area contributed by atoms with Crippen LogP contribution < -0.4 is 49.9 Å². The van der Waals surface area contributed by atoms with Crippen LogP contribution in [0.5, 0.6) is 34.5 Å². The SMILES string of the molecule is COBNCCCOc1cc2oc(=O)c3c(c(-c4ccc(OCCCNC(=O)OC(C)(C)C)c(OC)c4)c4c5cc(OC)c(OCCCNC(=O)OC(C)(C)C)cc5ccn43)c2cc1OC. The number of carbonyl (C=O) groups is 2. The molecule has 0 saturated heterocycles. The van der Waals surface area contributed by atoms with Gasteiger partial charge in [0.2, 0.25) is 0 Å². The van der Waals surface area contributed by atoms with Gasteiger partial charge in [-0.15, -0.1) is 0 Å². The lowest BCUT2D eigenvalue weighted by Gasteiger charge is -2.19. The van der Waals surface area contributed by atoms with Crippen LogP contribution in [0.1, 0.15) is 60.8 Å². The highest BCUT2D eigenvalue weighted by molar-refractivity contribution is 6.23. The maximum Gasteiger partial charge on any atom is 0.407 e. The molecule has 3 aromatic heterocycles. The molecule has 0 radical (unpaired) electrons. The summed E-state index contributed by atoms with van der Waals surface area (Å²) in [6.45, 7) is 13.2. The number of carbonyl (C=O) groups excluding carboxylic acids is 2. The van der Waals surface area contributed by atoms with Gasteiger partial charge >= 0.3 is 25.4 Å². The van der Waals surface area contributed by atoms with Crippen LogP contribution in [0.2, 0.25) is 0 Å². The molecule has 0 spiro atoms. The Bertz CT molecular complexity index is 2720. The summed E-state index contributed by atoms with van der Waals surface area (Å²) >= 11 is 0. The molecule has 0 saturated carbocycles. The largest absolute Gasteiger partial charge is 0.493 e. The summed E-state index contributed by atoms with van der Waals surface area (Å²) in [4.78, 5) is 38.6. The minimum atomic E-state index is -0.603. The number of benzene rings is 3. The van der Waals surface area contributed by atoms with Crippen LogP contribution >= 0.6 is 0 Å². The van der Waals surface area contributed by atoms with Crippen LogP contribution in [0.25, 0.3) is 49.3 Å². The molecule has 3 N–H and O–H groups in total. The van der Waals surface area contributed by atoms with Crippen molar-refractivity contribution in [2.45, 2.75) is 72.0 Å². The zero-order valence-electron chi connectivity index (χ0n) is 39.5. The average molecular weight is 913 g/mol. The Hall–Kier alpha value is -6.53. The van der Waals surface area contributed by atoms with E-state index in [-0.39, 0.29) is 6.61 Å².